The van der Waals surface area contributed by atoms with Crippen molar-refractivity contribution in [1.82, 2.24) is 0 Å². The highest BCUT2D eigenvalue weighted by molar-refractivity contribution is 5.79. The number of alkyl halides is 3. The van der Waals surface area contributed by atoms with Gasteiger partial charge in [0.15, 0.2) is 11.5 Å². The van der Waals surface area contributed by atoms with Crippen molar-refractivity contribution in [2.75, 3.05) is 0 Å². The minimum Gasteiger partial charge on any atom is -0.504 e. The third-order valence-corrected chi connectivity index (χ3v) is 3.23. The molecular weight excluding hydrogens is 321 g/mol. The zero-order valence-corrected chi connectivity index (χ0v) is 12.0. The number of aromatic hydroxyl groups is 2. The molecule has 0 heterocycles. The van der Waals surface area contributed by atoms with Crippen molar-refractivity contribution in [3.05, 3.63) is 58.1 Å². The van der Waals surface area contributed by atoms with Crippen molar-refractivity contribution in [2.45, 2.75) is 6.18 Å². The maximum atomic E-state index is 12.5. The third kappa shape index (κ3) is 3.31. The van der Waals surface area contributed by atoms with Crippen LogP contribution in [0, 0.1) is 22.7 Å². The van der Waals surface area contributed by atoms with Crippen LogP contribution in [0.25, 0.3) is 12.2 Å². The van der Waals surface area contributed by atoms with Crippen LogP contribution >= 0.6 is 0 Å². The highest BCUT2D eigenvalue weighted by Crippen LogP contribution is 2.34. The maximum Gasteiger partial charge on any atom is 0.416 e. The van der Waals surface area contributed by atoms with E-state index in [1.807, 2.05) is 0 Å². The van der Waals surface area contributed by atoms with Gasteiger partial charge in [0.2, 0.25) is 0 Å². The van der Waals surface area contributed by atoms with E-state index in [0.717, 1.165) is 18.2 Å². The highest BCUT2D eigenvalue weighted by atomic mass is 19.4. The van der Waals surface area contributed by atoms with Gasteiger partial charge in [-0.3, -0.25) is 0 Å². The molecule has 0 atom stereocenters. The van der Waals surface area contributed by atoms with Crippen molar-refractivity contribution in [2.24, 2.45) is 0 Å². The van der Waals surface area contributed by atoms with Gasteiger partial charge in [-0.2, -0.15) is 23.7 Å². The van der Waals surface area contributed by atoms with Gasteiger partial charge in [-0.05, 0) is 17.7 Å². The summed E-state index contributed by atoms with van der Waals surface area (Å²) in [7, 11) is 0. The normalized spacial score (nSPS) is 11.2. The summed E-state index contributed by atoms with van der Waals surface area (Å²) in [4.78, 5) is 0. The number of hydrogen-bond acceptors (Lipinski definition) is 4. The first-order valence-corrected chi connectivity index (χ1v) is 6.52. The van der Waals surface area contributed by atoms with Gasteiger partial charge < -0.3 is 10.2 Å². The monoisotopic (exact) mass is 330 g/mol. The average molecular weight is 330 g/mol. The van der Waals surface area contributed by atoms with Crippen LogP contribution in [0.5, 0.6) is 11.5 Å². The Morgan fingerprint density at radius 1 is 0.958 bits per heavy atom. The number of nitrogens with zero attached hydrogens (tertiary/aromatic N) is 2. The lowest BCUT2D eigenvalue weighted by molar-refractivity contribution is -0.137. The summed E-state index contributed by atoms with van der Waals surface area (Å²) in [6.07, 6.45) is -1.72. The van der Waals surface area contributed by atoms with E-state index in [1.54, 1.807) is 12.1 Å². The molecule has 0 aromatic heterocycles. The van der Waals surface area contributed by atoms with E-state index in [2.05, 4.69) is 0 Å². The maximum absolute atomic E-state index is 12.5. The first-order chi connectivity index (χ1) is 11.3. The summed E-state index contributed by atoms with van der Waals surface area (Å²) in [5, 5.41) is 37.3. The van der Waals surface area contributed by atoms with Crippen molar-refractivity contribution >= 4 is 12.2 Å². The number of phenols is 2. The molecule has 0 bridgehead atoms. The lowest BCUT2D eigenvalue weighted by atomic mass is 9.99. The summed E-state index contributed by atoms with van der Waals surface area (Å²) in [5.74, 6) is -1.27. The Morgan fingerprint density at radius 2 is 1.58 bits per heavy atom. The van der Waals surface area contributed by atoms with Crippen LogP contribution in [-0.4, -0.2) is 10.2 Å². The van der Waals surface area contributed by atoms with E-state index in [9.17, 15) is 23.4 Å². The van der Waals surface area contributed by atoms with Gasteiger partial charge >= 0.3 is 6.18 Å². The van der Waals surface area contributed by atoms with Crippen LogP contribution in [0.15, 0.2) is 30.3 Å². The predicted octanol–water partition coefficient (Wildman–Crippen LogP) is 4.03. The molecule has 0 aliphatic heterocycles. The molecule has 0 spiro atoms. The average Bonchev–Trinajstić information content (AvgIpc) is 2.55. The Balaban J connectivity index is 2.45. The highest BCUT2D eigenvalue weighted by Gasteiger charge is 2.29. The topological polar surface area (TPSA) is 88.0 Å². The molecule has 4 nitrogen and oxygen atoms in total. The van der Waals surface area contributed by atoms with Crippen molar-refractivity contribution in [1.29, 1.82) is 10.5 Å². The number of benzene rings is 2. The predicted molar refractivity (Wildman–Crippen MR) is 79.6 cm³/mol. The summed E-state index contributed by atoms with van der Waals surface area (Å²) < 4.78 is 37.5. The van der Waals surface area contributed by atoms with E-state index in [-0.39, 0.29) is 16.7 Å². The molecule has 120 valence electrons. The summed E-state index contributed by atoms with van der Waals surface area (Å²) >= 11 is 0. The van der Waals surface area contributed by atoms with Gasteiger partial charge in [-0.1, -0.05) is 24.3 Å². The second-order valence-electron chi connectivity index (χ2n) is 4.76. The van der Waals surface area contributed by atoms with Gasteiger partial charge in [-0.15, -0.1) is 0 Å². The molecule has 7 heteroatoms. The van der Waals surface area contributed by atoms with Gasteiger partial charge in [0, 0.05) is 11.6 Å². The quantitative estimate of drug-likeness (QED) is 0.643. The van der Waals surface area contributed by atoms with Crippen LogP contribution in [-0.2, 0) is 6.18 Å². The zero-order valence-electron chi connectivity index (χ0n) is 12.0. The van der Waals surface area contributed by atoms with E-state index >= 15 is 0 Å². The van der Waals surface area contributed by atoms with E-state index in [0.29, 0.717) is 5.56 Å². The lowest BCUT2D eigenvalue weighted by Gasteiger charge is -2.07. The van der Waals surface area contributed by atoms with Crippen molar-refractivity contribution < 1.29 is 23.4 Å². The molecule has 2 aromatic carbocycles. The molecular formula is C17H9F3N2O2. The summed E-state index contributed by atoms with van der Waals surface area (Å²) in [6.45, 7) is 0. The van der Waals surface area contributed by atoms with Crippen LogP contribution in [0.4, 0.5) is 13.2 Å². The molecule has 0 amide bonds. The van der Waals surface area contributed by atoms with Crippen LogP contribution < -0.4 is 0 Å². The van der Waals surface area contributed by atoms with Crippen molar-refractivity contribution in [3.63, 3.8) is 0 Å². The van der Waals surface area contributed by atoms with Gasteiger partial charge in [0.1, 0.15) is 11.6 Å². The molecule has 0 radical (unpaired) electrons. The van der Waals surface area contributed by atoms with E-state index < -0.39 is 23.2 Å². The first-order valence-electron chi connectivity index (χ1n) is 6.52. The van der Waals surface area contributed by atoms with Gasteiger partial charge in [0.05, 0.1) is 17.2 Å². The smallest absolute Gasteiger partial charge is 0.416 e. The van der Waals surface area contributed by atoms with Gasteiger partial charge in [-0.25, -0.2) is 0 Å². The number of phenolic OH excluding ortho intramolecular Hbond substituents is 2. The van der Waals surface area contributed by atoms with Crippen LogP contribution in [0.2, 0.25) is 0 Å². The summed E-state index contributed by atoms with van der Waals surface area (Å²) in [6, 6.07) is 8.75. The molecule has 0 unspecified atom stereocenters. The Kier molecular flexibility index (Phi) is 4.47. The summed E-state index contributed by atoms with van der Waals surface area (Å²) in [5.41, 5.74) is -0.671. The second kappa shape index (κ2) is 6.35. The Bertz CT molecular complexity index is 887. The van der Waals surface area contributed by atoms with Gasteiger partial charge in [0.25, 0.3) is 0 Å². The minimum atomic E-state index is -4.44. The molecule has 0 fully saturated rings. The number of hydrogen-bond donors (Lipinski definition) is 2. The number of nitriles is 2. The molecule has 2 rings (SSSR count). The molecule has 0 saturated carbocycles. The molecule has 0 saturated heterocycles. The Hall–Kier alpha value is -3.45. The molecule has 0 aliphatic rings. The first kappa shape index (κ1) is 16.9. The molecule has 2 N–H and O–H groups in total. The SMILES string of the molecule is N#Cc1cc(O)c(O)c(C#N)c1C=Cc1ccc(C(F)(F)F)cc1. The van der Waals surface area contributed by atoms with Crippen LogP contribution in [0.1, 0.15) is 27.8 Å². The fourth-order valence-corrected chi connectivity index (χ4v) is 2.01. The number of rotatable bonds is 2. The lowest BCUT2D eigenvalue weighted by Crippen LogP contribution is -2.03. The van der Waals surface area contributed by atoms with E-state index in [1.165, 1.54) is 24.3 Å². The molecule has 2 aromatic rings. The van der Waals surface area contributed by atoms with Crippen molar-refractivity contribution in [3.8, 4) is 23.6 Å². The Labute approximate surface area is 134 Å². The fourth-order valence-electron chi connectivity index (χ4n) is 2.01. The largest absolute Gasteiger partial charge is 0.504 e. The zero-order chi connectivity index (χ0) is 17.9. The van der Waals surface area contributed by atoms with E-state index in [4.69, 9.17) is 10.5 Å². The molecule has 24 heavy (non-hydrogen) atoms. The minimum absolute atomic E-state index is 0.0509. The number of halogens is 3. The fraction of sp³-hybridized carbons (Fsp3) is 0.0588. The standard InChI is InChI=1S/C17H9F3N2O2/c18-17(19,20)12-4-1-10(2-5-12)3-6-13-11(8-21)7-15(23)16(24)14(13)9-22/h1-7,23-24H. The second-order valence-corrected chi connectivity index (χ2v) is 4.76. The molecule has 0 aliphatic carbocycles. The third-order valence-electron chi connectivity index (χ3n) is 3.23. The Morgan fingerprint density at radius 3 is 2.08 bits per heavy atom. The van der Waals surface area contributed by atoms with Crippen LogP contribution in [0.3, 0.4) is 0 Å².